The van der Waals surface area contributed by atoms with Crippen molar-refractivity contribution in [3.05, 3.63) is 76.5 Å². The third kappa shape index (κ3) is 2.93. The Morgan fingerprint density at radius 3 is 2.60 bits per heavy atom. The van der Waals surface area contributed by atoms with Gasteiger partial charge in [0, 0.05) is 12.2 Å². The first-order chi connectivity index (χ1) is 9.85. The smallest absolute Gasteiger partial charge is 0.0397 e. The van der Waals surface area contributed by atoms with Gasteiger partial charge < -0.3 is 5.32 Å². The minimum absolute atomic E-state index is 0.912. The maximum Gasteiger partial charge on any atom is 0.0397 e. The van der Waals surface area contributed by atoms with Crippen LogP contribution in [0.5, 0.6) is 0 Å². The van der Waals surface area contributed by atoms with Crippen LogP contribution in [0.3, 0.4) is 0 Å². The van der Waals surface area contributed by atoms with Gasteiger partial charge in [0.2, 0.25) is 0 Å². The molecule has 0 unspecified atom stereocenters. The molecule has 3 rings (SSSR count). The van der Waals surface area contributed by atoms with Crippen LogP contribution in [0.25, 0.3) is 6.08 Å². The van der Waals surface area contributed by atoms with E-state index in [4.69, 9.17) is 0 Å². The average molecular weight is 263 g/mol. The molecule has 0 aliphatic heterocycles. The van der Waals surface area contributed by atoms with Crippen molar-refractivity contribution < 1.29 is 0 Å². The summed E-state index contributed by atoms with van der Waals surface area (Å²) >= 11 is 0. The Morgan fingerprint density at radius 1 is 0.950 bits per heavy atom. The standard InChI is InChI=1S/C19H21N/c1-2-15-8-9-17-10-11-19(13-18(17)12-15)20-14-16-6-4-3-5-7-16/h3-9,12-13,20H,2,10-11,14H2,1H3. The van der Waals surface area contributed by atoms with Crippen LogP contribution < -0.4 is 5.32 Å². The highest BCUT2D eigenvalue weighted by molar-refractivity contribution is 5.60. The molecule has 0 atom stereocenters. The SMILES string of the molecule is CCc1ccc2c(c1)C=C(NCc1ccccc1)CC2. The largest absolute Gasteiger partial charge is 0.384 e. The Morgan fingerprint density at radius 2 is 1.80 bits per heavy atom. The highest BCUT2D eigenvalue weighted by Gasteiger charge is 2.10. The molecular weight excluding hydrogens is 242 g/mol. The topological polar surface area (TPSA) is 12.0 Å². The molecule has 1 N–H and O–H groups in total. The summed E-state index contributed by atoms with van der Waals surface area (Å²) in [5.41, 5.74) is 6.99. The lowest BCUT2D eigenvalue weighted by Gasteiger charge is -2.19. The van der Waals surface area contributed by atoms with E-state index < -0.39 is 0 Å². The molecule has 2 aromatic rings. The van der Waals surface area contributed by atoms with Gasteiger partial charge in [0.1, 0.15) is 0 Å². The minimum Gasteiger partial charge on any atom is -0.384 e. The number of fused-ring (bicyclic) bond motifs is 1. The summed E-state index contributed by atoms with van der Waals surface area (Å²) in [6.07, 6.45) is 5.69. The molecule has 1 aliphatic rings. The van der Waals surface area contributed by atoms with Crippen LogP contribution in [0.4, 0.5) is 0 Å². The fourth-order valence-corrected chi connectivity index (χ4v) is 2.71. The molecule has 0 fully saturated rings. The second-order valence-corrected chi connectivity index (χ2v) is 5.40. The first-order valence-corrected chi connectivity index (χ1v) is 7.45. The van der Waals surface area contributed by atoms with Crippen molar-refractivity contribution in [1.29, 1.82) is 0 Å². The van der Waals surface area contributed by atoms with E-state index in [-0.39, 0.29) is 0 Å². The zero-order chi connectivity index (χ0) is 13.8. The van der Waals surface area contributed by atoms with Crippen molar-refractivity contribution in [2.45, 2.75) is 32.7 Å². The Kier molecular flexibility index (Phi) is 3.87. The average Bonchev–Trinajstić information content (AvgIpc) is 2.53. The van der Waals surface area contributed by atoms with Gasteiger partial charge >= 0.3 is 0 Å². The summed E-state index contributed by atoms with van der Waals surface area (Å²) < 4.78 is 0. The number of hydrogen-bond donors (Lipinski definition) is 1. The summed E-state index contributed by atoms with van der Waals surface area (Å²) in [5, 5.41) is 3.58. The molecule has 0 aromatic heterocycles. The molecule has 1 heteroatoms. The fourth-order valence-electron chi connectivity index (χ4n) is 2.71. The van der Waals surface area contributed by atoms with Crippen molar-refractivity contribution >= 4 is 6.08 Å². The van der Waals surface area contributed by atoms with Crippen molar-refractivity contribution in [2.24, 2.45) is 0 Å². The predicted octanol–water partition coefficient (Wildman–Crippen LogP) is 4.33. The molecule has 0 amide bonds. The maximum absolute atomic E-state index is 3.58. The molecule has 1 nitrogen and oxygen atoms in total. The quantitative estimate of drug-likeness (QED) is 0.866. The first-order valence-electron chi connectivity index (χ1n) is 7.45. The molecule has 0 spiro atoms. The molecule has 102 valence electrons. The number of nitrogens with one attached hydrogen (secondary N) is 1. The summed E-state index contributed by atoms with van der Waals surface area (Å²) in [7, 11) is 0. The van der Waals surface area contributed by atoms with Crippen molar-refractivity contribution in [2.75, 3.05) is 0 Å². The second-order valence-electron chi connectivity index (χ2n) is 5.40. The van der Waals surface area contributed by atoms with Crippen molar-refractivity contribution in [3.63, 3.8) is 0 Å². The van der Waals surface area contributed by atoms with Crippen LogP contribution in [0.1, 0.15) is 35.6 Å². The molecule has 0 bridgehead atoms. The second kappa shape index (κ2) is 5.96. The third-order valence-electron chi connectivity index (χ3n) is 3.97. The Hall–Kier alpha value is -2.02. The summed E-state index contributed by atoms with van der Waals surface area (Å²) in [5.74, 6) is 0. The molecular formula is C19H21N. The lowest BCUT2D eigenvalue weighted by Crippen LogP contribution is -2.16. The van der Waals surface area contributed by atoms with Crippen LogP contribution in [0.2, 0.25) is 0 Å². The van der Waals surface area contributed by atoms with E-state index in [2.05, 4.69) is 66.8 Å². The summed E-state index contributed by atoms with van der Waals surface area (Å²) in [4.78, 5) is 0. The van der Waals surface area contributed by atoms with Gasteiger partial charge in [-0.25, -0.2) is 0 Å². The summed E-state index contributed by atoms with van der Waals surface area (Å²) in [6.45, 7) is 3.12. The van der Waals surface area contributed by atoms with Gasteiger partial charge in [-0.1, -0.05) is 55.5 Å². The van der Waals surface area contributed by atoms with E-state index in [0.29, 0.717) is 0 Å². The fraction of sp³-hybridized carbons (Fsp3) is 0.263. The van der Waals surface area contributed by atoms with E-state index in [1.807, 2.05) is 0 Å². The molecule has 1 aliphatic carbocycles. The minimum atomic E-state index is 0.912. The Labute approximate surface area is 121 Å². The summed E-state index contributed by atoms with van der Waals surface area (Å²) in [6, 6.07) is 17.5. The Balaban J connectivity index is 1.73. The number of benzene rings is 2. The van der Waals surface area contributed by atoms with E-state index in [1.165, 1.54) is 28.0 Å². The lowest BCUT2D eigenvalue weighted by molar-refractivity contribution is 0.744. The predicted molar refractivity (Wildman–Crippen MR) is 85.4 cm³/mol. The van der Waals surface area contributed by atoms with Gasteiger partial charge in [-0.15, -0.1) is 0 Å². The number of allylic oxidation sites excluding steroid dienone is 1. The molecule has 2 aromatic carbocycles. The van der Waals surface area contributed by atoms with E-state index in [9.17, 15) is 0 Å². The number of rotatable bonds is 4. The highest BCUT2D eigenvalue weighted by atomic mass is 14.9. The first kappa shape index (κ1) is 13.0. The van der Waals surface area contributed by atoms with Gasteiger partial charge in [-0.3, -0.25) is 0 Å². The van der Waals surface area contributed by atoms with Crippen molar-refractivity contribution in [3.8, 4) is 0 Å². The van der Waals surface area contributed by atoms with E-state index in [0.717, 1.165) is 25.8 Å². The molecule has 20 heavy (non-hydrogen) atoms. The van der Waals surface area contributed by atoms with Crippen LogP contribution >= 0.6 is 0 Å². The van der Waals surface area contributed by atoms with Crippen LogP contribution in [0, 0.1) is 0 Å². The zero-order valence-corrected chi connectivity index (χ0v) is 12.0. The normalized spacial score (nSPS) is 13.6. The van der Waals surface area contributed by atoms with Crippen LogP contribution in [-0.4, -0.2) is 0 Å². The van der Waals surface area contributed by atoms with Crippen LogP contribution in [0.15, 0.2) is 54.2 Å². The maximum atomic E-state index is 3.58. The highest BCUT2D eigenvalue weighted by Crippen LogP contribution is 2.24. The lowest BCUT2D eigenvalue weighted by atomic mass is 9.93. The monoisotopic (exact) mass is 263 g/mol. The third-order valence-corrected chi connectivity index (χ3v) is 3.97. The van der Waals surface area contributed by atoms with Gasteiger partial charge in [0.15, 0.2) is 0 Å². The molecule has 0 radical (unpaired) electrons. The zero-order valence-electron chi connectivity index (χ0n) is 12.0. The van der Waals surface area contributed by atoms with Crippen LogP contribution in [-0.2, 0) is 19.4 Å². The van der Waals surface area contributed by atoms with Gasteiger partial charge in [-0.2, -0.15) is 0 Å². The Bertz CT molecular complexity index is 611. The van der Waals surface area contributed by atoms with E-state index in [1.54, 1.807) is 0 Å². The molecule has 0 saturated carbocycles. The molecule has 0 heterocycles. The van der Waals surface area contributed by atoms with Gasteiger partial charge in [-0.05, 0) is 47.6 Å². The van der Waals surface area contributed by atoms with Crippen molar-refractivity contribution in [1.82, 2.24) is 5.32 Å². The molecule has 0 saturated heterocycles. The van der Waals surface area contributed by atoms with Gasteiger partial charge in [0.25, 0.3) is 0 Å². The van der Waals surface area contributed by atoms with Gasteiger partial charge in [0.05, 0.1) is 0 Å². The van der Waals surface area contributed by atoms with E-state index >= 15 is 0 Å². The number of aryl methyl sites for hydroxylation is 2. The number of hydrogen-bond acceptors (Lipinski definition) is 1.